The predicted molar refractivity (Wildman–Crippen MR) is 85.1 cm³/mol. The summed E-state index contributed by atoms with van der Waals surface area (Å²) in [7, 11) is 1.61. The second-order valence-electron chi connectivity index (χ2n) is 5.98. The monoisotopic (exact) mass is 317 g/mol. The Morgan fingerprint density at radius 1 is 1.43 bits per heavy atom. The Morgan fingerprint density at radius 2 is 2.30 bits per heavy atom. The van der Waals surface area contributed by atoms with Crippen LogP contribution in [0.5, 0.6) is 5.88 Å². The van der Waals surface area contributed by atoms with Crippen molar-refractivity contribution in [3.63, 3.8) is 0 Å². The van der Waals surface area contributed by atoms with Crippen molar-refractivity contribution in [3.8, 4) is 5.88 Å². The number of hydrogen-bond donors (Lipinski definition) is 1. The van der Waals surface area contributed by atoms with E-state index in [2.05, 4.69) is 34.5 Å². The lowest BCUT2D eigenvalue weighted by Gasteiger charge is -2.19. The number of methoxy groups -OCH3 is 1. The van der Waals surface area contributed by atoms with Crippen molar-refractivity contribution >= 4 is 0 Å². The van der Waals surface area contributed by atoms with Gasteiger partial charge in [-0.05, 0) is 26.3 Å². The van der Waals surface area contributed by atoms with Crippen molar-refractivity contribution in [1.29, 1.82) is 0 Å². The predicted octanol–water partition coefficient (Wildman–Crippen LogP) is 1.88. The van der Waals surface area contributed by atoms with Gasteiger partial charge in [0.15, 0.2) is 0 Å². The van der Waals surface area contributed by atoms with Crippen LogP contribution in [0.3, 0.4) is 0 Å². The first-order chi connectivity index (χ1) is 11.2. The number of hydrogen-bond acceptors (Lipinski definition) is 6. The molecule has 1 aliphatic rings. The number of nitrogens with one attached hydrogen (secondary N) is 1. The van der Waals surface area contributed by atoms with Gasteiger partial charge in [0.2, 0.25) is 5.88 Å². The van der Waals surface area contributed by atoms with Gasteiger partial charge in [-0.1, -0.05) is 5.21 Å². The molecule has 0 aromatic carbocycles. The molecule has 0 saturated carbocycles. The standard InChI is InChI=1S/C16H23N5O2/c1-11(2)21-10-13(19-20-21)9-17-14-6-7-23-16(14)12-4-5-15(22-3)18-8-12/h4-5,8,10-11,14,16-17H,6-7,9H2,1-3H3/t14-,16+/m0/s1. The van der Waals surface area contributed by atoms with Gasteiger partial charge in [-0.15, -0.1) is 5.10 Å². The molecule has 3 rings (SSSR count). The highest BCUT2D eigenvalue weighted by molar-refractivity contribution is 5.21. The molecule has 0 spiro atoms. The summed E-state index contributed by atoms with van der Waals surface area (Å²) in [6.45, 7) is 5.60. The van der Waals surface area contributed by atoms with Crippen LogP contribution >= 0.6 is 0 Å². The van der Waals surface area contributed by atoms with Crippen molar-refractivity contribution < 1.29 is 9.47 Å². The van der Waals surface area contributed by atoms with Crippen molar-refractivity contribution in [3.05, 3.63) is 35.8 Å². The summed E-state index contributed by atoms with van der Waals surface area (Å²) < 4.78 is 12.8. The molecule has 1 saturated heterocycles. The van der Waals surface area contributed by atoms with E-state index in [1.807, 2.05) is 29.2 Å². The highest BCUT2D eigenvalue weighted by atomic mass is 16.5. The summed E-state index contributed by atoms with van der Waals surface area (Å²) in [5.41, 5.74) is 2.00. The minimum Gasteiger partial charge on any atom is -0.481 e. The molecular formula is C16H23N5O2. The van der Waals surface area contributed by atoms with E-state index < -0.39 is 0 Å². The molecule has 3 heterocycles. The van der Waals surface area contributed by atoms with Gasteiger partial charge in [0.1, 0.15) is 0 Å². The summed E-state index contributed by atoms with van der Waals surface area (Å²) in [5, 5.41) is 11.9. The van der Waals surface area contributed by atoms with E-state index in [1.54, 1.807) is 7.11 Å². The summed E-state index contributed by atoms with van der Waals surface area (Å²) >= 11 is 0. The number of ether oxygens (including phenoxy) is 2. The Bertz CT molecular complexity index is 626. The van der Waals surface area contributed by atoms with E-state index in [0.717, 1.165) is 24.3 Å². The van der Waals surface area contributed by atoms with Crippen LogP contribution in [-0.2, 0) is 11.3 Å². The van der Waals surface area contributed by atoms with Crippen molar-refractivity contribution in [2.45, 2.75) is 45.0 Å². The fourth-order valence-electron chi connectivity index (χ4n) is 2.69. The summed E-state index contributed by atoms with van der Waals surface area (Å²) in [5.74, 6) is 0.613. The van der Waals surface area contributed by atoms with Gasteiger partial charge in [0.05, 0.1) is 25.1 Å². The fourth-order valence-corrected chi connectivity index (χ4v) is 2.69. The molecule has 7 nitrogen and oxygen atoms in total. The summed E-state index contributed by atoms with van der Waals surface area (Å²) in [6, 6.07) is 4.44. The number of pyridine rings is 1. The zero-order chi connectivity index (χ0) is 16.2. The molecular weight excluding hydrogens is 294 g/mol. The lowest BCUT2D eigenvalue weighted by molar-refractivity contribution is 0.0980. The Hall–Kier alpha value is -1.99. The highest BCUT2D eigenvalue weighted by Crippen LogP contribution is 2.29. The second-order valence-corrected chi connectivity index (χ2v) is 5.98. The van der Waals surface area contributed by atoms with E-state index >= 15 is 0 Å². The Labute approximate surface area is 136 Å². The third-order valence-corrected chi connectivity index (χ3v) is 4.02. The maximum Gasteiger partial charge on any atom is 0.212 e. The van der Waals surface area contributed by atoms with Crippen LogP contribution in [0.1, 0.15) is 43.7 Å². The molecule has 1 fully saturated rings. The van der Waals surface area contributed by atoms with Crippen molar-refractivity contribution in [2.24, 2.45) is 0 Å². The van der Waals surface area contributed by atoms with Gasteiger partial charge in [0, 0.05) is 43.1 Å². The van der Waals surface area contributed by atoms with Crippen molar-refractivity contribution in [2.75, 3.05) is 13.7 Å². The summed E-state index contributed by atoms with van der Waals surface area (Å²) in [4.78, 5) is 4.26. The van der Waals surface area contributed by atoms with Crippen molar-refractivity contribution in [1.82, 2.24) is 25.3 Å². The molecule has 124 valence electrons. The lowest BCUT2D eigenvalue weighted by atomic mass is 10.0. The highest BCUT2D eigenvalue weighted by Gasteiger charge is 2.29. The topological polar surface area (TPSA) is 74.1 Å². The molecule has 1 N–H and O–H groups in total. The van der Waals surface area contributed by atoms with E-state index in [-0.39, 0.29) is 12.1 Å². The second kappa shape index (κ2) is 7.06. The van der Waals surface area contributed by atoms with E-state index in [0.29, 0.717) is 18.5 Å². The van der Waals surface area contributed by atoms with E-state index in [4.69, 9.17) is 9.47 Å². The maximum atomic E-state index is 5.87. The van der Waals surface area contributed by atoms with Gasteiger partial charge in [-0.2, -0.15) is 0 Å². The molecule has 1 aliphatic heterocycles. The van der Waals surface area contributed by atoms with E-state index in [9.17, 15) is 0 Å². The number of nitrogens with zero attached hydrogens (tertiary/aromatic N) is 4. The number of aromatic nitrogens is 4. The van der Waals surface area contributed by atoms with Gasteiger partial charge in [-0.25, -0.2) is 9.67 Å². The van der Waals surface area contributed by atoms with Crippen LogP contribution < -0.4 is 10.1 Å². The molecule has 0 unspecified atom stereocenters. The Kier molecular flexibility index (Phi) is 4.88. The zero-order valence-corrected chi connectivity index (χ0v) is 13.8. The van der Waals surface area contributed by atoms with Gasteiger partial charge >= 0.3 is 0 Å². The van der Waals surface area contributed by atoms with Gasteiger partial charge in [0.25, 0.3) is 0 Å². The summed E-state index contributed by atoms with van der Waals surface area (Å²) in [6.07, 6.45) is 4.78. The van der Waals surface area contributed by atoms with Crippen LogP contribution in [0, 0.1) is 0 Å². The Balaban J connectivity index is 1.61. The first-order valence-electron chi connectivity index (χ1n) is 7.93. The van der Waals surface area contributed by atoms with E-state index in [1.165, 1.54) is 0 Å². The lowest BCUT2D eigenvalue weighted by Crippen LogP contribution is -2.31. The molecule has 7 heteroatoms. The largest absolute Gasteiger partial charge is 0.481 e. The average molecular weight is 317 g/mol. The third kappa shape index (κ3) is 3.68. The van der Waals surface area contributed by atoms with Crippen LogP contribution in [0.25, 0.3) is 0 Å². The molecule has 2 aromatic heterocycles. The average Bonchev–Trinajstić information content (AvgIpc) is 3.22. The third-order valence-electron chi connectivity index (χ3n) is 4.02. The molecule has 0 aliphatic carbocycles. The van der Waals surface area contributed by atoms with Crippen LogP contribution in [0.4, 0.5) is 0 Å². The molecule has 23 heavy (non-hydrogen) atoms. The maximum absolute atomic E-state index is 5.87. The number of rotatable bonds is 6. The SMILES string of the molecule is COc1ccc([C@H]2OCC[C@@H]2NCc2cn(C(C)C)nn2)cn1. The Morgan fingerprint density at radius 3 is 2.96 bits per heavy atom. The molecule has 0 amide bonds. The first kappa shape index (κ1) is 15.9. The van der Waals surface area contributed by atoms with Crippen LogP contribution in [0.15, 0.2) is 24.5 Å². The minimum absolute atomic E-state index is 0.00792. The smallest absolute Gasteiger partial charge is 0.212 e. The van der Waals surface area contributed by atoms with Gasteiger partial charge in [-0.3, -0.25) is 0 Å². The van der Waals surface area contributed by atoms with Crippen LogP contribution in [-0.4, -0.2) is 39.7 Å². The quantitative estimate of drug-likeness (QED) is 0.877. The zero-order valence-electron chi connectivity index (χ0n) is 13.8. The molecule has 0 radical (unpaired) electrons. The van der Waals surface area contributed by atoms with Gasteiger partial charge < -0.3 is 14.8 Å². The normalized spacial score (nSPS) is 21.0. The van der Waals surface area contributed by atoms with Crippen LogP contribution in [0.2, 0.25) is 0 Å². The fraction of sp³-hybridized carbons (Fsp3) is 0.562. The minimum atomic E-state index is 0.00792. The first-order valence-corrected chi connectivity index (χ1v) is 7.93. The molecule has 2 aromatic rings. The molecule has 0 bridgehead atoms. The molecule has 2 atom stereocenters.